The SMILES string of the molecule is COc1ccc(NC(=O)c2cnc(N(C)C)cn2)cc1NC(C)=O. The van der Waals surface area contributed by atoms with E-state index in [1.54, 1.807) is 23.1 Å². The number of ether oxygens (including phenoxy) is 1. The number of rotatable bonds is 5. The number of amides is 2. The second-order valence-electron chi connectivity index (χ2n) is 5.20. The van der Waals surface area contributed by atoms with E-state index in [2.05, 4.69) is 20.6 Å². The molecule has 2 aromatic rings. The molecule has 24 heavy (non-hydrogen) atoms. The van der Waals surface area contributed by atoms with E-state index in [0.29, 0.717) is 22.9 Å². The van der Waals surface area contributed by atoms with Crippen LogP contribution in [0.15, 0.2) is 30.6 Å². The summed E-state index contributed by atoms with van der Waals surface area (Å²) in [5.41, 5.74) is 1.16. The Bertz CT molecular complexity index is 744. The van der Waals surface area contributed by atoms with Crippen LogP contribution in [-0.2, 0) is 4.79 Å². The maximum atomic E-state index is 12.2. The van der Waals surface area contributed by atoms with Gasteiger partial charge >= 0.3 is 0 Å². The monoisotopic (exact) mass is 329 g/mol. The van der Waals surface area contributed by atoms with Crippen molar-refractivity contribution in [1.29, 1.82) is 0 Å². The Kier molecular flexibility index (Phi) is 5.31. The van der Waals surface area contributed by atoms with Gasteiger partial charge in [-0.15, -0.1) is 0 Å². The second kappa shape index (κ2) is 7.40. The van der Waals surface area contributed by atoms with E-state index in [4.69, 9.17) is 4.74 Å². The molecule has 1 aromatic carbocycles. The quantitative estimate of drug-likeness (QED) is 0.868. The highest BCUT2D eigenvalue weighted by molar-refractivity contribution is 6.03. The Hall–Kier alpha value is -3.16. The number of hydrogen-bond donors (Lipinski definition) is 2. The lowest BCUT2D eigenvalue weighted by Crippen LogP contribution is -2.16. The van der Waals surface area contributed by atoms with Gasteiger partial charge in [-0.2, -0.15) is 0 Å². The summed E-state index contributed by atoms with van der Waals surface area (Å²) < 4.78 is 5.17. The summed E-state index contributed by atoms with van der Waals surface area (Å²) in [6.07, 6.45) is 2.93. The minimum absolute atomic E-state index is 0.192. The third-order valence-electron chi connectivity index (χ3n) is 3.10. The van der Waals surface area contributed by atoms with E-state index in [0.717, 1.165) is 0 Å². The zero-order valence-corrected chi connectivity index (χ0v) is 14.0. The number of nitrogens with zero attached hydrogens (tertiary/aromatic N) is 3. The van der Waals surface area contributed by atoms with Crippen molar-refractivity contribution < 1.29 is 14.3 Å². The maximum Gasteiger partial charge on any atom is 0.275 e. The maximum absolute atomic E-state index is 12.2. The molecule has 1 aromatic heterocycles. The molecule has 0 aliphatic rings. The van der Waals surface area contributed by atoms with Gasteiger partial charge in [-0.25, -0.2) is 9.97 Å². The lowest BCUT2D eigenvalue weighted by Gasteiger charge is -2.12. The molecule has 0 spiro atoms. The van der Waals surface area contributed by atoms with Crippen molar-refractivity contribution in [3.63, 3.8) is 0 Å². The topological polar surface area (TPSA) is 96.4 Å². The molecule has 8 heteroatoms. The number of anilines is 3. The lowest BCUT2D eigenvalue weighted by atomic mass is 10.2. The largest absolute Gasteiger partial charge is 0.495 e. The van der Waals surface area contributed by atoms with E-state index in [-0.39, 0.29) is 11.6 Å². The number of benzene rings is 1. The Balaban J connectivity index is 2.17. The number of nitrogens with one attached hydrogen (secondary N) is 2. The van der Waals surface area contributed by atoms with Gasteiger partial charge in [0.2, 0.25) is 5.91 Å². The van der Waals surface area contributed by atoms with E-state index < -0.39 is 5.91 Å². The van der Waals surface area contributed by atoms with Crippen molar-refractivity contribution in [3.05, 3.63) is 36.3 Å². The number of methoxy groups -OCH3 is 1. The van der Waals surface area contributed by atoms with Crippen LogP contribution < -0.4 is 20.3 Å². The second-order valence-corrected chi connectivity index (χ2v) is 5.20. The molecule has 0 radical (unpaired) electrons. The molecular formula is C16H19N5O3. The summed E-state index contributed by atoms with van der Waals surface area (Å²) in [6, 6.07) is 4.94. The highest BCUT2D eigenvalue weighted by Crippen LogP contribution is 2.28. The fourth-order valence-electron chi connectivity index (χ4n) is 1.94. The molecule has 0 bridgehead atoms. The van der Waals surface area contributed by atoms with Gasteiger partial charge in [0, 0.05) is 26.7 Å². The van der Waals surface area contributed by atoms with Gasteiger partial charge < -0.3 is 20.3 Å². The number of carbonyl (C=O) groups is 2. The van der Waals surface area contributed by atoms with Crippen molar-refractivity contribution in [2.45, 2.75) is 6.92 Å². The summed E-state index contributed by atoms with van der Waals surface area (Å²) in [4.78, 5) is 33.5. The Morgan fingerprint density at radius 2 is 1.88 bits per heavy atom. The molecule has 0 unspecified atom stereocenters. The highest BCUT2D eigenvalue weighted by atomic mass is 16.5. The summed E-state index contributed by atoms with van der Waals surface area (Å²) >= 11 is 0. The molecule has 8 nitrogen and oxygen atoms in total. The van der Waals surface area contributed by atoms with Gasteiger partial charge in [0.25, 0.3) is 5.91 Å². The molecular weight excluding hydrogens is 310 g/mol. The van der Waals surface area contributed by atoms with Gasteiger partial charge in [0.15, 0.2) is 0 Å². The molecule has 1 heterocycles. The number of carbonyl (C=O) groups excluding carboxylic acids is 2. The third kappa shape index (κ3) is 4.19. The summed E-state index contributed by atoms with van der Waals surface area (Å²) in [7, 11) is 5.18. The molecule has 0 saturated heterocycles. The lowest BCUT2D eigenvalue weighted by molar-refractivity contribution is -0.114. The average Bonchev–Trinajstić information content (AvgIpc) is 2.54. The number of hydrogen-bond acceptors (Lipinski definition) is 6. The molecule has 0 aliphatic carbocycles. The van der Waals surface area contributed by atoms with Crippen molar-refractivity contribution in [3.8, 4) is 5.75 Å². The molecule has 126 valence electrons. The number of aromatic nitrogens is 2. The molecule has 2 amide bonds. The zero-order chi connectivity index (χ0) is 17.7. The standard InChI is InChI=1S/C16H19N5O3/c1-10(22)19-12-7-11(5-6-14(12)24-4)20-16(23)13-8-18-15(9-17-13)21(2)3/h5-9H,1-4H3,(H,19,22)(H,20,23). The van der Waals surface area contributed by atoms with E-state index in [1.165, 1.54) is 26.4 Å². The molecule has 0 atom stereocenters. The zero-order valence-electron chi connectivity index (χ0n) is 14.0. The van der Waals surface area contributed by atoms with E-state index in [1.807, 2.05) is 14.1 Å². The van der Waals surface area contributed by atoms with Crippen LogP contribution in [0.2, 0.25) is 0 Å². The Labute approximate surface area is 139 Å². The van der Waals surface area contributed by atoms with Gasteiger partial charge in [0.1, 0.15) is 17.3 Å². The molecule has 2 rings (SSSR count). The van der Waals surface area contributed by atoms with Gasteiger partial charge in [0.05, 0.1) is 25.2 Å². The van der Waals surface area contributed by atoms with Gasteiger partial charge in [-0.1, -0.05) is 0 Å². The molecule has 0 saturated carbocycles. The van der Waals surface area contributed by atoms with Crippen LogP contribution in [0.25, 0.3) is 0 Å². The first kappa shape index (κ1) is 17.2. The molecule has 0 fully saturated rings. The first-order valence-electron chi connectivity index (χ1n) is 7.17. The molecule has 0 aliphatic heterocycles. The van der Waals surface area contributed by atoms with Crippen LogP contribution in [0, 0.1) is 0 Å². The van der Waals surface area contributed by atoms with Crippen LogP contribution in [0.5, 0.6) is 5.75 Å². The van der Waals surface area contributed by atoms with Crippen LogP contribution in [0.1, 0.15) is 17.4 Å². The van der Waals surface area contributed by atoms with Crippen molar-refractivity contribution in [1.82, 2.24) is 9.97 Å². The summed E-state index contributed by atoms with van der Waals surface area (Å²) in [5, 5.41) is 5.36. The fraction of sp³-hybridized carbons (Fsp3) is 0.250. The first-order chi connectivity index (χ1) is 11.4. The van der Waals surface area contributed by atoms with Crippen LogP contribution in [0.4, 0.5) is 17.2 Å². The van der Waals surface area contributed by atoms with Gasteiger partial charge in [-0.05, 0) is 18.2 Å². The Morgan fingerprint density at radius 1 is 1.12 bits per heavy atom. The highest BCUT2D eigenvalue weighted by Gasteiger charge is 2.11. The fourth-order valence-corrected chi connectivity index (χ4v) is 1.94. The minimum Gasteiger partial charge on any atom is -0.495 e. The predicted octanol–water partition coefficient (Wildman–Crippen LogP) is 1.76. The third-order valence-corrected chi connectivity index (χ3v) is 3.10. The van der Waals surface area contributed by atoms with Gasteiger partial charge in [-0.3, -0.25) is 9.59 Å². The molecule has 2 N–H and O–H groups in total. The summed E-state index contributed by atoms with van der Waals surface area (Å²) in [6.45, 7) is 1.40. The van der Waals surface area contributed by atoms with Crippen LogP contribution >= 0.6 is 0 Å². The first-order valence-corrected chi connectivity index (χ1v) is 7.17. The van der Waals surface area contributed by atoms with Crippen molar-refractivity contribution in [2.24, 2.45) is 0 Å². The van der Waals surface area contributed by atoms with Crippen LogP contribution in [0.3, 0.4) is 0 Å². The normalized spacial score (nSPS) is 10.0. The Morgan fingerprint density at radius 3 is 2.42 bits per heavy atom. The van der Waals surface area contributed by atoms with Crippen molar-refractivity contribution in [2.75, 3.05) is 36.7 Å². The van der Waals surface area contributed by atoms with E-state index >= 15 is 0 Å². The smallest absolute Gasteiger partial charge is 0.275 e. The van der Waals surface area contributed by atoms with Crippen LogP contribution in [-0.4, -0.2) is 43.0 Å². The average molecular weight is 329 g/mol. The minimum atomic E-state index is -0.397. The summed E-state index contributed by atoms with van der Waals surface area (Å²) in [5.74, 6) is 0.524. The predicted molar refractivity (Wildman–Crippen MR) is 91.6 cm³/mol. The van der Waals surface area contributed by atoms with Crippen molar-refractivity contribution >= 4 is 29.0 Å². The van der Waals surface area contributed by atoms with E-state index in [9.17, 15) is 9.59 Å².